The van der Waals surface area contributed by atoms with Gasteiger partial charge in [0.1, 0.15) is 6.33 Å². The lowest BCUT2D eigenvalue weighted by Crippen LogP contribution is -2.49. The number of nitrogens with zero attached hydrogens (tertiary/aromatic N) is 5. The zero-order chi connectivity index (χ0) is 18.1. The standard InChI is InChI=1S/C18H24N6O2/c1-23-7-8-26-15(17(23)14-5-6-22-24(14)2)10-20-18(25)13-9-19-11-21-16(13)12-3-4-12/h5-6,9,11-12,15,17H,3-4,7-8,10H2,1-2H3,(H,20,25)/t15-,17-/m0/s1. The maximum Gasteiger partial charge on any atom is 0.254 e. The number of nitrogens with one attached hydrogen (secondary N) is 1. The molecule has 1 amide bonds. The van der Waals surface area contributed by atoms with Crippen LogP contribution in [0.25, 0.3) is 0 Å². The lowest BCUT2D eigenvalue weighted by Gasteiger charge is -2.39. The number of hydrogen-bond acceptors (Lipinski definition) is 6. The molecule has 1 saturated heterocycles. The van der Waals surface area contributed by atoms with Gasteiger partial charge in [0.05, 0.1) is 35.7 Å². The predicted molar refractivity (Wildman–Crippen MR) is 94.7 cm³/mol. The first-order valence-electron chi connectivity index (χ1n) is 9.03. The van der Waals surface area contributed by atoms with Crippen LogP contribution in [0.3, 0.4) is 0 Å². The van der Waals surface area contributed by atoms with Crippen molar-refractivity contribution in [1.82, 2.24) is 30.0 Å². The number of aromatic nitrogens is 4. The summed E-state index contributed by atoms with van der Waals surface area (Å²) in [5.41, 5.74) is 2.52. The van der Waals surface area contributed by atoms with E-state index in [4.69, 9.17) is 4.74 Å². The minimum Gasteiger partial charge on any atom is -0.373 e. The van der Waals surface area contributed by atoms with Crippen molar-refractivity contribution in [2.24, 2.45) is 7.05 Å². The molecule has 0 spiro atoms. The molecule has 1 N–H and O–H groups in total. The summed E-state index contributed by atoms with van der Waals surface area (Å²) in [6.07, 6.45) is 6.97. The lowest BCUT2D eigenvalue weighted by molar-refractivity contribution is -0.0629. The molecular weight excluding hydrogens is 332 g/mol. The number of amides is 1. The van der Waals surface area contributed by atoms with Gasteiger partial charge in [0.15, 0.2) is 0 Å². The number of aryl methyl sites for hydroxylation is 1. The van der Waals surface area contributed by atoms with E-state index in [1.807, 2.05) is 17.8 Å². The van der Waals surface area contributed by atoms with Gasteiger partial charge in [-0.1, -0.05) is 0 Å². The van der Waals surface area contributed by atoms with Crippen molar-refractivity contribution in [3.05, 3.63) is 41.7 Å². The highest BCUT2D eigenvalue weighted by atomic mass is 16.5. The van der Waals surface area contributed by atoms with E-state index in [0.717, 1.165) is 30.8 Å². The molecular formula is C18H24N6O2. The lowest BCUT2D eigenvalue weighted by atomic mass is 10.0. The molecule has 0 bridgehead atoms. The maximum absolute atomic E-state index is 12.7. The Kier molecular flexibility index (Phi) is 4.69. The summed E-state index contributed by atoms with van der Waals surface area (Å²) in [6, 6.07) is 2.05. The Labute approximate surface area is 152 Å². The molecule has 0 radical (unpaired) electrons. The molecule has 138 valence electrons. The monoisotopic (exact) mass is 356 g/mol. The Morgan fingerprint density at radius 3 is 2.96 bits per heavy atom. The second kappa shape index (κ2) is 7.13. The van der Waals surface area contributed by atoms with Gasteiger partial charge in [-0.2, -0.15) is 5.10 Å². The first-order valence-corrected chi connectivity index (χ1v) is 9.03. The van der Waals surface area contributed by atoms with Gasteiger partial charge in [0.25, 0.3) is 5.91 Å². The van der Waals surface area contributed by atoms with Crippen LogP contribution in [0.5, 0.6) is 0 Å². The largest absolute Gasteiger partial charge is 0.373 e. The van der Waals surface area contributed by atoms with E-state index >= 15 is 0 Å². The molecule has 1 saturated carbocycles. The fourth-order valence-corrected chi connectivity index (χ4v) is 3.61. The highest BCUT2D eigenvalue weighted by Gasteiger charge is 2.34. The van der Waals surface area contributed by atoms with E-state index < -0.39 is 0 Å². The van der Waals surface area contributed by atoms with Crippen molar-refractivity contribution in [2.75, 3.05) is 26.7 Å². The van der Waals surface area contributed by atoms with E-state index in [0.29, 0.717) is 24.6 Å². The molecule has 2 aliphatic rings. The summed E-state index contributed by atoms with van der Waals surface area (Å²) in [5.74, 6) is 0.270. The molecule has 2 aromatic heterocycles. The van der Waals surface area contributed by atoms with Crippen molar-refractivity contribution >= 4 is 5.91 Å². The Balaban J connectivity index is 1.47. The van der Waals surface area contributed by atoms with E-state index in [9.17, 15) is 4.79 Å². The molecule has 8 heteroatoms. The van der Waals surface area contributed by atoms with E-state index in [-0.39, 0.29) is 18.1 Å². The van der Waals surface area contributed by atoms with Crippen LogP contribution in [0.15, 0.2) is 24.8 Å². The number of ether oxygens (including phenoxy) is 1. The van der Waals surface area contributed by atoms with Crippen LogP contribution in [0.4, 0.5) is 0 Å². The topological polar surface area (TPSA) is 85.2 Å². The zero-order valence-electron chi connectivity index (χ0n) is 15.1. The van der Waals surface area contributed by atoms with Gasteiger partial charge >= 0.3 is 0 Å². The third-order valence-corrected chi connectivity index (χ3v) is 5.18. The number of hydrogen-bond donors (Lipinski definition) is 1. The molecule has 1 aliphatic heterocycles. The third kappa shape index (κ3) is 3.34. The molecule has 0 unspecified atom stereocenters. The molecule has 2 aromatic rings. The van der Waals surface area contributed by atoms with Gasteiger partial charge in [-0.3, -0.25) is 14.4 Å². The number of rotatable bonds is 5. The van der Waals surface area contributed by atoms with Crippen LogP contribution in [0.2, 0.25) is 0 Å². The third-order valence-electron chi connectivity index (χ3n) is 5.18. The Bertz CT molecular complexity index is 787. The zero-order valence-corrected chi connectivity index (χ0v) is 15.1. The molecule has 4 rings (SSSR count). The van der Waals surface area contributed by atoms with Gasteiger partial charge in [-0.25, -0.2) is 9.97 Å². The Morgan fingerprint density at radius 1 is 1.38 bits per heavy atom. The summed E-state index contributed by atoms with van der Waals surface area (Å²) < 4.78 is 7.85. The average molecular weight is 356 g/mol. The van der Waals surface area contributed by atoms with Crippen molar-refractivity contribution in [3.8, 4) is 0 Å². The van der Waals surface area contributed by atoms with Gasteiger partial charge in [-0.15, -0.1) is 0 Å². The predicted octanol–water partition coefficient (Wildman–Crippen LogP) is 0.889. The first-order chi connectivity index (χ1) is 12.6. The number of likely N-dealkylation sites (N-methyl/N-ethyl adjacent to an activating group) is 1. The van der Waals surface area contributed by atoms with E-state index in [2.05, 4.69) is 32.3 Å². The molecule has 8 nitrogen and oxygen atoms in total. The van der Waals surface area contributed by atoms with Crippen LogP contribution in [0, 0.1) is 0 Å². The normalized spacial score (nSPS) is 23.8. The molecule has 0 aromatic carbocycles. The molecule has 1 aliphatic carbocycles. The number of carbonyl (C=O) groups excluding carboxylic acids is 1. The minimum absolute atomic E-state index is 0.0477. The summed E-state index contributed by atoms with van der Waals surface area (Å²) in [7, 11) is 4.00. The number of morpholine rings is 1. The van der Waals surface area contributed by atoms with Gasteiger partial charge in [0.2, 0.25) is 0 Å². The van der Waals surface area contributed by atoms with Crippen LogP contribution >= 0.6 is 0 Å². The highest BCUT2D eigenvalue weighted by Crippen LogP contribution is 2.40. The molecule has 3 heterocycles. The second-order valence-electron chi connectivity index (χ2n) is 7.02. The van der Waals surface area contributed by atoms with Gasteiger partial charge in [-0.05, 0) is 26.0 Å². The molecule has 26 heavy (non-hydrogen) atoms. The Morgan fingerprint density at radius 2 is 2.23 bits per heavy atom. The fraction of sp³-hybridized carbons (Fsp3) is 0.556. The van der Waals surface area contributed by atoms with Gasteiger partial charge < -0.3 is 10.1 Å². The van der Waals surface area contributed by atoms with Crippen LogP contribution in [-0.4, -0.2) is 63.4 Å². The summed E-state index contributed by atoms with van der Waals surface area (Å²) >= 11 is 0. The maximum atomic E-state index is 12.7. The van der Waals surface area contributed by atoms with E-state index in [1.54, 1.807) is 12.4 Å². The quantitative estimate of drug-likeness (QED) is 0.856. The average Bonchev–Trinajstić information content (AvgIpc) is 3.42. The summed E-state index contributed by atoms with van der Waals surface area (Å²) in [5, 5.41) is 7.30. The van der Waals surface area contributed by atoms with Crippen LogP contribution < -0.4 is 5.32 Å². The SMILES string of the molecule is CN1CCO[C@@H](CNC(=O)c2cncnc2C2CC2)[C@@H]1c1ccnn1C. The van der Waals surface area contributed by atoms with Crippen molar-refractivity contribution in [1.29, 1.82) is 0 Å². The summed E-state index contributed by atoms with van der Waals surface area (Å²) in [4.78, 5) is 23.3. The minimum atomic E-state index is -0.137. The van der Waals surface area contributed by atoms with Crippen molar-refractivity contribution in [3.63, 3.8) is 0 Å². The van der Waals surface area contributed by atoms with Crippen molar-refractivity contribution < 1.29 is 9.53 Å². The van der Waals surface area contributed by atoms with Gasteiger partial charge in [0, 0.05) is 38.4 Å². The number of carbonyl (C=O) groups is 1. The van der Waals surface area contributed by atoms with Crippen LogP contribution in [-0.2, 0) is 11.8 Å². The van der Waals surface area contributed by atoms with Crippen LogP contribution in [0.1, 0.15) is 46.5 Å². The Hall–Kier alpha value is -2.32. The first kappa shape index (κ1) is 17.1. The summed E-state index contributed by atoms with van der Waals surface area (Å²) in [6.45, 7) is 1.92. The smallest absolute Gasteiger partial charge is 0.254 e. The molecule has 2 atom stereocenters. The van der Waals surface area contributed by atoms with Crippen molar-refractivity contribution in [2.45, 2.75) is 30.9 Å². The second-order valence-corrected chi connectivity index (χ2v) is 7.02. The highest BCUT2D eigenvalue weighted by molar-refractivity contribution is 5.95. The molecule has 2 fully saturated rings. The van der Waals surface area contributed by atoms with E-state index in [1.165, 1.54) is 6.33 Å². The fourth-order valence-electron chi connectivity index (χ4n) is 3.61.